The number of carbonyl (C=O) groups excluding carboxylic acids is 1. The largest absolute Gasteiger partial charge is 0.488 e. The highest BCUT2D eigenvalue weighted by atomic mass is 79.9. The van der Waals surface area contributed by atoms with Crippen LogP contribution >= 0.6 is 31.9 Å². The molecule has 7 heteroatoms. The molecule has 2 N–H and O–H groups in total. The van der Waals surface area contributed by atoms with Gasteiger partial charge in [-0.25, -0.2) is 5.43 Å². The van der Waals surface area contributed by atoms with Gasteiger partial charge >= 0.3 is 0 Å². The van der Waals surface area contributed by atoms with Crippen LogP contribution in [0.1, 0.15) is 11.1 Å². The fraction of sp³-hybridized carbons (Fsp3) is 0.0909. The fourth-order valence-electron chi connectivity index (χ4n) is 2.42. The fourth-order valence-corrected chi connectivity index (χ4v) is 2.95. The number of nitrogens with one attached hydrogen (secondary N) is 2. The van der Waals surface area contributed by atoms with E-state index in [2.05, 4.69) is 47.7 Å². The standard InChI is InChI=1S/C22H19Br2N3O2/c23-18-7-5-16(6-8-18)15-29-21-4-2-1-3-17(21)13-26-27-22(28)14-25-20-11-9-19(24)10-12-20/h1-13,25H,14-15H2,(H,27,28)/b26-13-. The Bertz CT molecular complexity index is 974. The highest BCUT2D eigenvalue weighted by Gasteiger charge is 2.03. The lowest BCUT2D eigenvalue weighted by molar-refractivity contribution is -0.119. The third kappa shape index (κ3) is 7.03. The van der Waals surface area contributed by atoms with Crippen molar-refractivity contribution in [3.63, 3.8) is 0 Å². The lowest BCUT2D eigenvalue weighted by Crippen LogP contribution is -2.25. The summed E-state index contributed by atoms with van der Waals surface area (Å²) in [4.78, 5) is 12.0. The summed E-state index contributed by atoms with van der Waals surface area (Å²) >= 11 is 6.80. The number of hydrazone groups is 1. The Morgan fingerprint density at radius 2 is 1.59 bits per heavy atom. The van der Waals surface area contributed by atoms with Gasteiger partial charge in [0.15, 0.2) is 0 Å². The van der Waals surface area contributed by atoms with Crippen molar-refractivity contribution in [2.24, 2.45) is 5.10 Å². The van der Waals surface area contributed by atoms with E-state index in [1.165, 1.54) is 0 Å². The molecule has 0 aliphatic carbocycles. The summed E-state index contributed by atoms with van der Waals surface area (Å²) in [6.07, 6.45) is 1.58. The van der Waals surface area contributed by atoms with Gasteiger partial charge < -0.3 is 10.1 Å². The first-order valence-corrected chi connectivity index (χ1v) is 10.5. The van der Waals surface area contributed by atoms with Gasteiger partial charge in [0.05, 0.1) is 12.8 Å². The first kappa shape index (κ1) is 21.1. The minimum atomic E-state index is -0.238. The van der Waals surface area contributed by atoms with Gasteiger partial charge in [-0.1, -0.05) is 56.1 Å². The number of hydrogen-bond donors (Lipinski definition) is 2. The lowest BCUT2D eigenvalue weighted by atomic mass is 10.2. The van der Waals surface area contributed by atoms with Gasteiger partial charge in [-0.15, -0.1) is 0 Å². The topological polar surface area (TPSA) is 62.7 Å². The van der Waals surface area contributed by atoms with Crippen LogP contribution in [0.4, 0.5) is 5.69 Å². The first-order chi connectivity index (χ1) is 14.1. The van der Waals surface area contributed by atoms with Crippen molar-refractivity contribution in [2.75, 3.05) is 11.9 Å². The number of nitrogens with zero attached hydrogens (tertiary/aromatic N) is 1. The van der Waals surface area contributed by atoms with Crippen LogP contribution in [0.25, 0.3) is 0 Å². The molecule has 0 bridgehead atoms. The average Bonchev–Trinajstić information content (AvgIpc) is 2.74. The Labute approximate surface area is 186 Å². The molecule has 0 aliphatic heterocycles. The van der Waals surface area contributed by atoms with Crippen LogP contribution in [0.3, 0.4) is 0 Å². The van der Waals surface area contributed by atoms with Crippen LogP contribution in [-0.2, 0) is 11.4 Å². The molecular formula is C22H19Br2N3O2. The van der Waals surface area contributed by atoms with Crippen molar-refractivity contribution in [1.29, 1.82) is 0 Å². The molecule has 0 heterocycles. The molecule has 0 unspecified atom stereocenters. The highest BCUT2D eigenvalue weighted by Crippen LogP contribution is 2.18. The Hall–Kier alpha value is -2.64. The van der Waals surface area contributed by atoms with E-state index in [0.717, 1.165) is 25.8 Å². The maximum Gasteiger partial charge on any atom is 0.259 e. The van der Waals surface area contributed by atoms with E-state index in [9.17, 15) is 4.79 Å². The SMILES string of the molecule is O=C(CNc1ccc(Br)cc1)N/N=C\c1ccccc1OCc1ccc(Br)cc1. The van der Waals surface area contributed by atoms with Gasteiger partial charge in [0.25, 0.3) is 5.91 Å². The zero-order chi connectivity index (χ0) is 20.5. The highest BCUT2D eigenvalue weighted by molar-refractivity contribution is 9.10. The summed E-state index contributed by atoms with van der Waals surface area (Å²) in [5.74, 6) is 0.457. The van der Waals surface area contributed by atoms with Crippen molar-refractivity contribution in [2.45, 2.75) is 6.61 Å². The Kier molecular flexibility index (Phi) is 7.84. The van der Waals surface area contributed by atoms with Gasteiger partial charge in [-0.2, -0.15) is 5.10 Å². The molecule has 0 spiro atoms. The molecule has 0 saturated carbocycles. The summed E-state index contributed by atoms with van der Waals surface area (Å²) < 4.78 is 7.91. The van der Waals surface area contributed by atoms with E-state index in [-0.39, 0.29) is 12.5 Å². The zero-order valence-electron chi connectivity index (χ0n) is 15.4. The monoisotopic (exact) mass is 515 g/mol. The maximum atomic E-state index is 12.0. The number of carbonyl (C=O) groups is 1. The van der Waals surface area contributed by atoms with Crippen LogP contribution < -0.4 is 15.5 Å². The predicted octanol–water partition coefficient (Wildman–Crippen LogP) is 5.35. The normalized spacial score (nSPS) is 10.7. The number of anilines is 1. The van der Waals surface area contributed by atoms with E-state index in [1.807, 2.05) is 72.8 Å². The number of ether oxygens (including phenoxy) is 1. The van der Waals surface area contributed by atoms with E-state index in [1.54, 1.807) is 6.21 Å². The zero-order valence-corrected chi connectivity index (χ0v) is 18.6. The second kappa shape index (κ2) is 10.8. The van der Waals surface area contributed by atoms with Crippen molar-refractivity contribution < 1.29 is 9.53 Å². The molecular weight excluding hydrogens is 498 g/mol. The van der Waals surface area contributed by atoms with E-state index in [0.29, 0.717) is 12.4 Å². The molecule has 3 rings (SSSR count). The van der Waals surface area contributed by atoms with E-state index >= 15 is 0 Å². The molecule has 0 aliphatic rings. The minimum Gasteiger partial charge on any atom is -0.488 e. The third-order valence-corrected chi connectivity index (χ3v) is 4.97. The first-order valence-electron chi connectivity index (χ1n) is 8.88. The van der Waals surface area contributed by atoms with Gasteiger partial charge in [-0.3, -0.25) is 4.79 Å². The van der Waals surface area contributed by atoms with E-state index in [4.69, 9.17) is 4.74 Å². The molecule has 1 amide bonds. The summed E-state index contributed by atoms with van der Waals surface area (Å²) in [6, 6.07) is 23.1. The average molecular weight is 517 g/mol. The van der Waals surface area contributed by atoms with Gasteiger partial charge in [0.2, 0.25) is 0 Å². The number of amides is 1. The summed E-state index contributed by atoms with van der Waals surface area (Å²) in [7, 11) is 0. The summed E-state index contributed by atoms with van der Waals surface area (Å²) in [6.45, 7) is 0.572. The van der Waals surface area contributed by atoms with Crippen LogP contribution in [-0.4, -0.2) is 18.7 Å². The van der Waals surface area contributed by atoms with Gasteiger partial charge in [-0.05, 0) is 54.1 Å². The summed E-state index contributed by atoms with van der Waals surface area (Å²) in [5, 5.41) is 7.08. The lowest BCUT2D eigenvalue weighted by Gasteiger charge is -2.09. The number of rotatable bonds is 8. The van der Waals surface area contributed by atoms with Crippen molar-refractivity contribution >= 4 is 49.7 Å². The second-order valence-electron chi connectivity index (χ2n) is 6.11. The number of para-hydroxylation sites is 1. The quantitative estimate of drug-likeness (QED) is 0.313. The minimum absolute atomic E-state index is 0.126. The molecule has 5 nitrogen and oxygen atoms in total. The van der Waals surface area contributed by atoms with Crippen LogP contribution in [0.15, 0.2) is 86.8 Å². The molecule has 0 radical (unpaired) electrons. The van der Waals surface area contributed by atoms with Gasteiger partial charge in [0.1, 0.15) is 12.4 Å². The number of hydrogen-bond acceptors (Lipinski definition) is 4. The smallest absolute Gasteiger partial charge is 0.259 e. The third-order valence-electron chi connectivity index (χ3n) is 3.92. The number of halogens is 2. The van der Waals surface area contributed by atoms with E-state index < -0.39 is 0 Å². The molecule has 29 heavy (non-hydrogen) atoms. The van der Waals surface area contributed by atoms with Crippen molar-refractivity contribution in [1.82, 2.24) is 5.43 Å². The van der Waals surface area contributed by atoms with Crippen LogP contribution in [0.2, 0.25) is 0 Å². The second-order valence-corrected chi connectivity index (χ2v) is 7.94. The molecule has 3 aromatic carbocycles. The molecule has 0 atom stereocenters. The van der Waals surface area contributed by atoms with Gasteiger partial charge in [0, 0.05) is 20.2 Å². The molecule has 148 valence electrons. The molecule has 0 saturated heterocycles. The van der Waals surface area contributed by atoms with Crippen LogP contribution in [0.5, 0.6) is 5.75 Å². The maximum absolute atomic E-state index is 12.0. The molecule has 3 aromatic rings. The van der Waals surface area contributed by atoms with Crippen molar-refractivity contribution in [3.05, 3.63) is 92.9 Å². The molecule has 0 fully saturated rings. The Balaban J connectivity index is 1.51. The Morgan fingerprint density at radius 1 is 0.931 bits per heavy atom. The predicted molar refractivity (Wildman–Crippen MR) is 123 cm³/mol. The summed E-state index contributed by atoms with van der Waals surface area (Å²) in [5.41, 5.74) is 5.22. The Morgan fingerprint density at radius 3 is 2.31 bits per heavy atom. The van der Waals surface area contributed by atoms with Crippen molar-refractivity contribution in [3.8, 4) is 5.75 Å². The van der Waals surface area contributed by atoms with Crippen LogP contribution in [0, 0.1) is 0 Å². The number of benzene rings is 3. The molecule has 0 aromatic heterocycles.